The van der Waals surface area contributed by atoms with E-state index in [1.165, 1.54) is 38.8 Å². The smallest absolute Gasteiger partial charge is 0.0695 e. The fourth-order valence-corrected chi connectivity index (χ4v) is 2.92. The highest BCUT2D eigenvalue weighted by Crippen LogP contribution is 2.23. The molecule has 0 aromatic heterocycles. The number of hydrogen-bond donors (Lipinski definition) is 1. The summed E-state index contributed by atoms with van der Waals surface area (Å²) in [6.07, 6.45) is 5.91. The number of nitrogens with zero attached hydrogens (tertiary/aromatic N) is 2. The second kappa shape index (κ2) is 5.28. The molecule has 2 atom stereocenters. The molecule has 0 spiro atoms. The van der Waals surface area contributed by atoms with E-state index >= 15 is 0 Å². The van der Waals surface area contributed by atoms with Crippen LogP contribution in [-0.2, 0) is 0 Å². The molecule has 1 aliphatic carbocycles. The van der Waals surface area contributed by atoms with Gasteiger partial charge >= 0.3 is 0 Å². The van der Waals surface area contributed by atoms with Crippen LogP contribution in [0.2, 0.25) is 0 Å². The van der Waals surface area contributed by atoms with Crippen LogP contribution in [0.15, 0.2) is 0 Å². The quantitative estimate of drug-likeness (QED) is 0.700. The molecule has 2 fully saturated rings. The minimum Gasteiger partial charge on any atom is -0.391 e. The predicted molar refractivity (Wildman–Crippen MR) is 61.9 cm³/mol. The van der Waals surface area contributed by atoms with E-state index in [1.807, 2.05) is 0 Å². The predicted octanol–water partition coefficient (Wildman–Crippen LogP) is 0.927. The fourth-order valence-electron chi connectivity index (χ4n) is 2.92. The largest absolute Gasteiger partial charge is 0.391 e. The summed E-state index contributed by atoms with van der Waals surface area (Å²) in [5.41, 5.74) is 0. The highest BCUT2D eigenvalue weighted by molar-refractivity contribution is 4.84. The highest BCUT2D eigenvalue weighted by Gasteiger charge is 2.29. The third kappa shape index (κ3) is 2.92. The minimum absolute atomic E-state index is 0.0674. The van der Waals surface area contributed by atoms with Crippen molar-refractivity contribution in [2.75, 3.05) is 33.2 Å². The Balaban J connectivity index is 1.90. The fraction of sp³-hybridized carbons (Fsp3) is 1.00. The highest BCUT2D eigenvalue weighted by atomic mass is 16.3. The normalized spacial score (nSPS) is 36.4. The molecule has 0 bridgehead atoms. The first-order chi connectivity index (χ1) is 7.27. The van der Waals surface area contributed by atoms with Gasteiger partial charge in [0.25, 0.3) is 0 Å². The number of aliphatic hydroxyl groups is 1. The molecule has 0 radical (unpaired) electrons. The molecule has 0 aromatic carbocycles. The summed E-state index contributed by atoms with van der Waals surface area (Å²) >= 11 is 0. The first-order valence-electron chi connectivity index (χ1n) is 6.38. The summed E-state index contributed by atoms with van der Waals surface area (Å²) in [7, 11) is 2.20. The van der Waals surface area contributed by atoms with Crippen molar-refractivity contribution in [3.8, 4) is 0 Å². The molecule has 1 aliphatic heterocycles. The van der Waals surface area contributed by atoms with Gasteiger partial charge in [-0.2, -0.15) is 0 Å². The summed E-state index contributed by atoms with van der Waals surface area (Å²) < 4.78 is 0. The molecule has 15 heavy (non-hydrogen) atoms. The zero-order chi connectivity index (χ0) is 10.7. The minimum atomic E-state index is -0.0674. The standard InChI is InChI=1S/C12H24N2O/c1-13-7-4-8-14(10-9-13)11-5-2-3-6-12(11)15/h11-12,15H,2-10H2,1H3/t11-,12-/m1/s1. The van der Waals surface area contributed by atoms with Gasteiger partial charge in [-0.25, -0.2) is 0 Å². The molecule has 1 heterocycles. The van der Waals surface area contributed by atoms with Crippen LogP contribution in [-0.4, -0.2) is 60.3 Å². The van der Waals surface area contributed by atoms with E-state index in [0.29, 0.717) is 6.04 Å². The number of aliphatic hydroxyl groups excluding tert-OH is 1. The third-order valence-corrected chi connectivity index (χ3v) is 3.92. The topological polar surface area (TPSA) is 26.7 Å². The lowest BCUT2D eigenvalue weighted by atomic mass is 9.91. The first kappa shape index (κ1) is 11.4. The molecule has 1 N–H and O–H groups in total. The lowest BCUT2D eigenvalue weighted by Gasteiger charge is -2.37. The van der Waals surface area contributed by atoms with Gasteiger partial charge in [0.2, 0.25) is 0 Å². The third-order valence-electron chi connectivity index (χ3n) is 3.92. The van der Waals surface area contributed by atoms with Gasteiger partial charge in [0, 0.05) is 19.1 Å². The molecule has 0 aromatic rings. The lowest BCUT2D eigenvalue weighted by molar-refractivity contribution is 0.0218. The Kier molecular flexibility index (Phi) is 4.00. The molecular weight excluding hydrogens is 188 g/mol. The Morgan fingerprint density at radius 3 is 2.53 bits per heavy atom. The molecule has 2 rings (SSSR count). The van der Waals surface area contributed by atoms with E-state index in [0.717, 1.165) is 19.5 Å². The Morgan fingerprint density at radius 2 is 1.73 bits per heavy atom. The van der Waals surface area contributed by atoms with E-state index in [-0.39, 0.29) is 6.10 Å². The van der Waals surface area contributed by atoms with E-state index in [9.17, 15) is 5.11 Å². The van der Waals surface area contributed by atoms with E-state index < -0.39 is 0 Å². The second-order valence-corrected chi connectivity index (χ2v) is 5.11. The second-order valence-electron chi connectivity index (χ2n) is 5.11. The van der Waals surface area contributed by atoms with Gasteiger partial charge in [-0.1, -0.05) is 12.8 Å². The van der Waals surface area contributed by atoms with Crippen LogP contribution in [0.3, 0.4) is 0 Å². The summed E-state index contributed by atoms with van der Waals surface area (Å²) in [4.78, 5) is 4.92. The average molecular weight is 212 g/mol. The van der Waals surface area contributed by atoms with Crippen molar-refractivity contribution in [1.29, 1.82) is 0 Å². The van der Waals surface area contributed by atoms with Crippen LogP contribution < -0.4 is 0 Å². The zero-order valence-electron chi connectivity index (χ0n) is 9.86. The molecule has 0 amide bonds. The maximum Gasteiger partial charge on any atom is 0.0695 e. The van der Waals surface area contributed by atoms with Crippen LogP contribution in [0.5, 0.6) is 0 Å². The van der Waals surface area contributed by atoms with Crippen molar-refractivity contribution in [2.24, 2.45) is 0 Å². The Hall–Kier alpha value is -0.120. The zero-order valence-corrected chi connectivity index (χ0v) is 9.86. The number of likely N-dealkylation sites (N-methyl/N-ethyl adjacent to an activating group) is 1. The van der Waals surface area contributed by atoms with Crippen molar-refractivity contribution in [3.63, 3.8) is 0 Å². The van der Waals surface area contributed by atoms with Crippen LogP contribution in [0.1, 0.15) is 32.1 Å². The van der Waals surface area contributed by atoms with Gasteiger partial charge in [0.15, 0.2) is 0 Å². The molecule has 0 unspecified atom stereocenters. The van der Waals surface area contributed by atoms with Crippen LogP contribution >= 0.6 is 0 Å². The molecule has 3 heteroatoms. The van der Waals surface area contributed by atoms with Crippen LogP contribution in [0.25, 0.3) is 0 Å². The van der Waals surface area contributed by atoms with Gasteiger partial charge < -0.3 is 10.0 Å². The lowest BCUT2D eigenvalue weighted by Crippen LogP contribution is -2.46. The van der Waals surface area contributed by atoms with Gasteiger partial charge in [-0.3, -0.25) is 4.90 Å². The van der Waals surface area contributed by atoms with Crippen LogP contribution in [0, 0.1) is 0 Å². The molecule has 2 aliphatic rings. The molecule has 1 saturated carbocycles. The monoisotopic (exact) mass is 212 g/mol. The van der Waals surface area contributed by atoms with Crippen molar-refractivity contribution < 1.29 is 5.11 Å². The maximum atomic E-state index is 10.0. The Morgan fingerprint density at radius 1 is 0.933 bits per heavy atom. The van der Waals surface area contributed by atoms with Gasteiger partial charge in [0.05, 0.1) is 6.10 Å². The van der Waals surface area contributed by atoms with Crippen molar-refractivity contribution in [2.45, 2.75) is 44.2 Å². The van der Waals surface area contributed by atoms with Crippen molar-refractivity contribution in [1.82, 2.24) is 9.80 Å². The molecule has 3 nitrogen and oxygen atoms in total. The van der Waals surface area contributed by atoms with E-state index in [1.54, 1.807) is 0 Å². The van der Waals surface area contributed by atoms with E-state index in [2.05, 4.69) is 16.8 Å². The summed E-state index contributed by atoms with van der Waals surface area (Å²) in [5.74, 6) is 0. The Bertz CT molecular complexity index is 198. The van der Waals surface area contributed by atoms with Crippen LogP contribution in [0.4, 0.5) is 0 Å². The first-order valence-corrected chi connectivity index (χ1v) is 6.38. The van der Waals surface area contributed by atoms with Gasteiger partial charge in [-0.15, -0.1) is 0 Å². The molecule has 88 valence electrons. The SMILES string of the molecule is CN1CCCN([C@@H]2CCCC[C@H]2O)CC1. The number of rotatable bonds is 1. The van der Waals surface area contributed by atoms with Crippen molar-refractivity contribution in [3.05, 3.63) is 0 Å². The molecular formula is C12H24N2O. The molecule has 1 saturated heterocycles. The Labute approximate surface area is 93.1 Å². The maximum absolute atomic E-state index is 10.0. The number of hydrogen-bond acceptors (Lipinski definition) is 3. The average Bonchev–Trinajstić information content (AvgIpc) is 2.44. The van der Waals surface area contributed by atoms with E-state index in [4.69, 9.17) is 0 Å². The summed E-state index contributed by atoms with van der Waals surface area (Å²) in [5, 5.41) is 10.0. The summed E-state index contributed by atoms with van der Waals surface area (Å²) in [6, 6.07) is 0.449. The van der Waals surface area contributed by atoms with Gasteiger partial charge in [-0.05, 0) is 39.4 Å². The van der Waals surface area contributed by atoms with Crippen molar-refractivity contribution >= 4 is 0 Å². The summed E-state index contributed by atoms with van der Waals surface area (Å²) in [6.45, 7) is 4.67. The van der Waals surface area contributed by atoms with Gasteiger partial charge in [0.1, 0.15) is 0 Å².